The Hall–Kier alpha value is -0.610. The summed E-state index contributed by atoms with van der Waals surface area (Å²) in [6, 6.07) is 0. The van der Waals surface area contributed by atoms with Gasteiger partial charge >= 0.3 is 0 Å². The summed E-state index contributed by atoms with van der Waals surface area (Å²) in [7, 11) is 0. The third-order valence-corrected chi connectivity index (χ3v) is 2.06. The molecular formula is C8H17N3O. The van der Waals surface area contributed by atoms with E-state index < -0.39 is 0 Å². The first kappa shape index (κ1) is 9.48. The Morgan fingerprint density at radius 1 is 1.75 bits per heavy atom. The summed E-state index contributed by atoms with van der Waals surface area (Å²) >= 11 is 0. The van der Waals surface area contributed by atoms with E-state index in [0.29, 0.717) is 12.0 Å². The van der Waals surface area contributed by atoms with Crippen LogP contribution in [0.1, 0.15) is 20.3 Å². The lowest BCUT2D eigenvalue weighted by Crippen LogP contribution is -2.36. The molecule has 1 fully saturated rings. The van der Waals surface area contributed by atoms with Crippen molar-refractivity contribution in [1.82, 2.24) is 5.43 Å². The molecule has 0 bridgehead atoms. The summed E-state index contributed by atoms with van der Waals surface area (Å²) in [5.41, 5.74) is 2.64. The third-order valence-electron chi connectivity index (χ3n) is 2.06. The predicted molar refractivity (Wildman–Crippen MR) is 48.8 cm³/mol. The fraction of sp³-hybridized carbons (Fsp3) is 0.875. The largest absolute Gasteiger partial charge is 0.378 e. The highest BCUT2D eigenvalue weighted by atomic mass is 16.5. The van der Waals surface area contributed by atoms with Gasteiger partial charge in [-0.3, -0.25) is 4.99 Å². The monoisotopic (exact) mass is 171 g/mol. The molecule has 1 rings (SSSR count). The minimum absolute atomic E-state index is 0.338. The molecule has 0 aliphatic carbocycles. The van der Waals surface area contributed by atoms with Gasteiger partial charge in [0.05, 0.1) is 12.7 Å². The molecule has 1 aliphatic heterocycles. The van der Waals surface area contributed by atoms with E-state index in [-0.39, 0.29) is 0 Å². The summed E-state index contributed by atoms with van der Waals surface area (Å²) in [5.74, 6) is 6.59. The maximum atomic E-state index is 5.42. The van der Waals surface area contributed by atoms with Gasteiger partial charge in [-0.2, -0.15) is 0 Å². The zero-order chi connectivity index (χ0) is 8.97. The van der Waals surface area contributed by atoms with E-state index in [1.54, 1.807) is 0 Å². The van der Waals surface area contributed by atoms with Crippen molar-refractivity contribution >= 4 is 5.84 Å². The lowest BCUT2D eigenvalue weighted by molar-refractivity contribution is 0.123. The molecule has 0 aromatic carbocycles. The maximum Gasteiger partial charge on any atom is 0.116 e. The van der Waals surface area contributed by atoms with Gasteiger partial charge in [-0.1, -0.05) is 0 Å². The van der Waals surface area contributed by atoms with Gasteiger partial charge in [0, 0.05) is 12.5 Å². The Labute approximate surface area is 73.2 Å². The van der Waals surface area contributed by atoms with Gasteiger partial charge in [-0.05, 0) is 20.3 Å². The first-order chi connectivity index (χ1) is 5.77. The van der Waals surface area contributed by atoms with Crippen LogP contribution in [-0.4, -0.2) is 25.1 Å². The number of nitrogens with one attached hydrogen (secondary N) is 1. The number of amidine groups is 1. The molecule has 0 radical (unpaired) electrons. The molecule has 0 amide bonds. The zero-order valence-corrected chi connectivity index (χ0v) is 7.71. The second-order valence-corrected chi connectivity index (χ2v) is 3.08. The van der Waals surface area contributed by atoms with Crippen molar-refractivity contribution in [2.24, 2.45) is 16.8 Å². The normalized spacial score (nSPS) is 30.8. The van der Waals surface area contributed by atoms with Crippen molar-refractivity contribution in [1.29, 1.82) is 0 Å². The second kappa shape index (κ2) is 4.42. The standard InChI is InChI=1S/C8H17N3O/c1-3-10-8(11-9)7-4-6(2)12-5-7/h6-7H,3-5,9H2,1-2H3,(H,10,11). The maximum absolute atomic E-state index is 5.42. The highest BCUT2D eigenvalue weighted by Gasteiger charge is 2.25. The molecule has 1 heterocycles. The fourth-order valence-corrected chi connectivity index (χ4v) is 1.47. The molecule has 4 heteroatoms. The SMILES string of the molecule is CCN=C(NN)C1COC(C)C1. The van der Waals surface area contributed by atoms with Crippen molar-refractivity contribution in [2.75, 3.05) is 13.2 Å². The number of hydrazine groups is 1. The summed E-state index contributed by atoms with van der Waals surface area (Å²) in [5, 5.41) is 0. The number of nitrogens with two attached hydrogens (primary N) is 1. The Bertz CT molecular complexity index is 170. The topological polar surface area (TPSA) is 59.6 Å². The van der Waals surface area contributed by atoms with Crippen molar-refractivity contribution < 1.29 is 4.74 Å². The molecular weight excluding hydrogens is 154 g/mol. The van der Waals surface area contributed by atoms with Gasteiger partial charge in [0.1, 0.15) is 5.84 Å². The quantitative estimate of drug-likeness (QED) is 0.272. The first-order valence-electron chi connectivity index (χ1n) is 4.40. The lowest BCUT2D eigenvalue weighted by Gasteiger charge is -2.10. The average molecular weight is 171 g/mol. The molecule has 2 atom stereocenters. The molecule has 3 N–H and O–H groups in total. The van der Waals surface area contributed by atoms with Crippen LogP contribution >= 0.6 is 0 Å². The third kappa shape index (κ3) is 2.19. The van der Waals surface area contributed by atoms with Gasteiger partial charge in [-0.15, -0.1) is 0 Å². The van der Waals surface area contributed by atoms with E-state index >= 15 is 0 Å². The molecule has 4 nitrogen and oxygen atoms in total. The van der Waals surface area contributed by atoms with Gasteiger partial charge < -0.3 is 10.2 Å². The highest BCUT2D eigenvalue weighted by Crippen LogP contribution is 2.19. The Morgan fingerprint density at radius 2 is 2.50 bits per heavy atom. The summed E-state index contributed by atoms with van der Waals surface area (Å²) in [4.78, 5) is 4.26. The number of ether oxygens (including phenoxy) is 1. The van der Waals surface area contributed by atoms with Gasteiger partial charge in [0.15, 0.2) is 0 Å². The van der Waals surface area contributed by atoms with Crippen LogP contribution in [0.3, 0.4) is 0 Å². The summed E-state index contributed by atoms with van der Waals surface area (Å²) < 4.78 is 5.42. The molecule has 12 heavy (non-hydrogen) atoms. The molecule has 0 spiro atoms. The van der Waals surface area contributed by atoms with Crippen LogP contribution < -0.4 is 11.3 Å². The van der Waals surface area contributed by atoms with Crippen LogP contribution in [0.5, 0.6) is 0 Å². The number of nitrogens with zero attached hydrogens (tertiary/aromatic N) is 1. The van der Waals surface area contributed by atoms with Gasteiger partial charge in [0.25, 0.3) is 0 Å². The van der Waals surface area contributed by atoms with Crippen LogP contribution in [0.15, 0.2) is 4.99 Å². The summed E-state index contributed by atoms with van der Waals surface area (Å²) in [6.07, 6.45) is 1.36. The Balaban J connectivity index is 2.50. The van der Waals surface area contributed by atoms with Crippen molar-refractivity contribution in [3.8, 4) is 0 Å². The van der Waals surface area contributed by atoms with E-state index in [4.69, 9.17) is 10.6 Å². The van der Waals surface area contributed by atoms with E-state index in [1.807, 2.05) is 6.92 Å². The van der Waals surface area contributed by atoms with Gasteiger partial charge in [-0.25, -0.2) is 5.84 Å². The lowest BCUT2D eigenvalue weighted by atomic mass is 10.1. The van der Waals surface area contributed by atoms with Crippen LogP contribution in [0.25, 0.3) is 0 Å². The molecule has 2 unspecified atom stereocenters. The predicted octanol–water partition coefficient (Wildman–Crippen LogP) is 0.293. The summed E-state index contributed by atoms with van der Waals surface area (Å²) in [6.45, 7) is 5.57. The van der Waals surface area contributed by atoms with E-state index in [9.17, 15) is 0 Å². The number of aliphatic imine (C=N–C) groups is 1. The van der Waals surface area contributed by atoms with Crippen molar-refractivity contribution in [2.45, 2.75) is 26.4 Å². The van der Waals surface area contributed by atoms with Gasteiger partial charge in [0.2, 0.25) is 0 Å². The van der Waals surface area contributed by atoms with Crippen LogP contribution in [0.2, 0.25) is 0 Å². The first-order valence-corrected chi connectivity index (χ1v) is 4.40. The van der Waals surface area contributed by atoms with Crippen molar-refractivity contribution in [3.63, 3.8) is 0 Å². The molecule has 70 valence electrons. The Morgan fingerprint density at radius 3 is 2.92 bits per heavy atom. The molecule has 1 aliphatic rings. The van der Waals surface area contributed by atoms with Crippen LogP contribution in [0.4, 0.5) is 0 Å². The molecule has 1 saturated heterocycles. The molecule has 0 aromatic heterocycles. The number of hydrogen-bond acceptors (Lipinski definition) is 3. The second-order valence-electron chi connectivity index (χ2n) is 3.08. The fourth-order valence-electron chi connectivity index (χ4n) is 1.47. The van der Waals surface area contributed by atoms with E-state index in [2.05, 4.69) is 17.3 Å². The van der Waals surface area contributed by atoms with Crippen molar-refractivity contribution in [3.05, 3.63) is 0 Å². The number of hydrogen-bond donors (Lipinski definition) is 2. The number of rotatable bonds is 2. The Kier molecular flexibility index (Phi) is 3.49. The average Bonchev–Trinajstić information content (AvgIpc) is 2.47. The highest BCUT2D eigenvalue weighted by molar-refractivity contribution is 5.84. The van der Waals surface area contributed by atoms with E-state index in [1.165, 1.54) is 0 Å². The van der Waals surface area contributed by atoms with Crippen LogP contribution in [0, 0.1) is 5.92 Å². The minimum atomic E-state index is 0.338. The molecule has 0 saturated carbocycles. The minimum Gasteiger partial charge on any atom is -0.378 e. The zero-order valence-electron chi connectivity index (χ0n) is 7.71. The molecule has 0 aromatic rings. The van der Waals surface area contributed by atoms with E-state index in [0.717, 1.165) is 25.4 Å². The smallest absolute Gasteiger partial charge is 0.116 e. The van der Waals surface area contributed by atoms with Crippen LogP contribution in [-0.2, 0) is 4.74 Å².